The first-order chi connectivity index (χ1) is 9.58. The predicted molar refractivity (Wildman–Crippen MR) is 78.2 cm³/mol. The van der Waals surface area contributed by atoms with Crippen LogP contribution in [-0.4, -0.2) is 24.1 Å². The summed E-state index contributed by atoms with van der Waals surface area (Å²) in [6.45, 7) is 1.74. The Morgan fingerprint density at radius 2 is 2.20 bits per heavy atom. The molecule has 0 aliphatic heterocycles. The van der Waals surface area contributed by atoms with Gasteiger partial charge in [0.05, 0.1) is 19.1 Å². The van der Waals surface area contributed by atoms with Crippen molar-refractivity contribution in [1.29, 1.82) is 0 Å². The molecule has 3 nitrogen and oxygen atoms in total. The van der Waals surface area contributed by atoms with E-state index < -0.39 is 12.0 Å². The number of methoxy groups -OCH3 is 1. The first-order valence-electron chi connectivity index (χ1n) is 6.59. The zero-order valence-corrected chi connectivity index (χ0v) is 12.3. The first kappa shape index (κ1) is 14.9. The first-order valence-corrected chi connectivity index (χ1v) is 6.97. The fourth-order valence-electron chi connectivity index (χ4n) is 2.66. The fourth-order valence-corrected chi connectivity index (χ4v) is 2.98. The van der Waals surface area contributed by atoms with Crippen LogP contribution in [0.4, 0.5) is 0 Å². The molecule has 1 aromatic carbocycles. The van der Waals surface area contributed by atoms with Gasteiger partial charge in [0.15, 0.2) is 0 Å². The number of halogens is 1. The molecule has 106 valence electrons. The summed E-state index contributed by atoms with van der Waals surface area (Å²) in [5, 5.41) is 10.6. The number of Topliss-reactive ketones (excluding diaryl/α,β-unsaturated/α-hetero) is 1. The lowest BCUT2D eigenvalue weighted by Gasteiger charge is -2.28. The molecule has 1 aliphatic rings. The van der Waals surface area contributed by atoms with E-state index in [2.05, 4.69) is 11.8 Å². The van der Waals surface area contributed by atoms with E-state index in [0.717, 1.165) is 12.0 Å². The summed E-state index contributed by atoms with van der Waals surface area (Å²) in [5.74, 6) is 5.63. The highest BCUT2D eigenvalue weighted by Crippen LogP contribution is 2.40. The van der Waals surface area contributed by atoms with E-state index >= 15 is 0 Å². The third-order valence-corrected chi connectivity index (χ3v) is 3.86. The van der Waals surface area contributed by atoms with Crippen molar-refractivity contribution >= 4 is 17.4 Å². The van der Waals surface area contributed by atoms with Gasteiger partial charge < -0.3 is 9.84 Å². The largest absolute Gasteiger partial charge is 0.496 e. The number of ether oxygens (including phenoxy) is 1. The van der Waals surface area contributed by atoms with Crippen LogP contribution in [0, 0.1) is 11.8 Å². The van der Waals surface area contributed by atoms with Gasteiger partial charge >= 0.3 is 0 Å². The minimum atomic E-state index is -0.703. The standard InChI is InChI=1S/C16H17ClO3/c1-3-5-10-8-11(17)15(14(9-10)20-2)16-12(18)6-4-7-13(16)19/h8-9,12,16,18H,4,6-7H2,1-2H3. The quantitative estimate of drug-likeness (QED) is 0.853. The van der Waals surface area contributed by atoms with Crippen LogP contribution in [0.5, 0.6) is 5.75 Å². The molecule has 0 aromatic heterocycles. The third-order valence-electron chi connectivity index (χ3n) is 3.55. The summed E-state index contributed by atoms with van der Waals surface area (Å²) in [4.78, 5) is 12.1. The summed E-state index contributed by atoms with van der Waals surface area (Å²) in [5.41, 5.74) is 1.31. The van der Waals surface area contributed by atoms with Crippen LogP contribution >= 0.6 is 11.6 Å². The van der Waals surface area contributed by atoms with E-state index in [1.54, 1.807) is 19.1 Å². The van der Waals surface area contributed by atoms with Crippen LogP contribution in [0.3, 0.4) is 0 Å². The molecule has 2 atom stereocenters. The van der Waals surface area contributed by atoms with Crippen molar-refractivity contribution in [3.63, 3.8) is 0 Å². The Bertz CT molecular complexity index is 583. The molecular weight excluding hydrogens is 276 g/mol. The molecule has 0 spiro atoms. The van der Waals surface area contributed by atoms with Gasteiger partial charge in [0, 0.05) is 22.6 Å². The molecule has 2 rings (SSSR count). The zero-order chi connectivity index (χ0) is 14.7. The van der Waals surface area contributed by atoms with Gasteiger partial charge in [0.2, 0.25) is 0 Å². The maximum Gasteiger partial charge on any atom is 0.143 e. The van der Waals surface area contributed by atoms with Crippen molar-refractivity contribution in [1.82, 2.24) is 0 Å². The molecule has 2 unspecified atom stereocenters. The highest BCUT2D eigenvalue weighted by molar-refractivity contribution is 6.32. The average Bonchev–Trinajstić information content (AvgIpc) is 2.40. The molecule has 1 aromatic rings. The van der Waals surface area contributed by atoms with Crippen molar-refractivity contribution in [3.8, 4) is 17.6 Å². The van der Waals surface area contributed by atoms with E-state index in [-0.39, 0.29) is 5.78 Å². The maximum absolute atomic E-state index is 12.1. The van der Waals surface area contributed by atoms with Crippen LogP contribution in [0.25, 0.3) is 0 Å². The van der Waals surface area contributed by atoms with Crippen molar-refractivity contribution in [2.24, 2.45) is 0 Å². The number of carbonyl (C=O) groups excluding carboxylic acids is 1. The Balaban J connectivity index is 2.54. The van der Waals surface area contributed by atoms with Gasteiger partial charge in [-0.15, -0.1) is 5.92 Å². The lowest BCUT2D eigenvalue weighted by atomic mass is 9.80. The zero-order valence-electron chi connectivity index (χ0n) is 11.6. The highest BCUT2D eigenvalue weighted by Gasteiger charge is 2.35. The van der Waals surface area contributed by atoms with Gasteiger partial charge in [0.25, 0.3) is 0 Å². The summed E-state index contributed by atoms with van der Waals surface area (Å²) >= 11 is 6.30. The van der Waals surface area contributed by atoms with Crippen molar-refractivity contribution in [3.05, 3.63) is 28.3 Å². The van der Waals surface area contributed by atoms with Crippen LogP contribution in [-0.2, 0) is 4.79 Å². The molecule has 0 bridgehead atoms. The van der Waals surface area contributed by atoms with Gasteiger partial charge in [-0.3, -0.25) is 4.79 Å². The third kappa shape index (κ3) is 2.82. The predicted octanol–water partition coefficient (Wildman–Crippen LogP) is 2.92. The van der Waals surface area contributed by atoms with E-state index in [4.69, 9.17) is 16.3 Å². The minimum absolute atomic E-state index is 0.0123. The molecule has 1 N–H and O–H groups in total. The van der Waals surface area contributed by atoms with Gasteiger partial charge in [0.1, 0.15) is 11.5 Å². The molecular formula is C16H17ClO3. The lowest BCUT2D eigenvalue weighted by Crippen LogP contribution is -2.31. The van der Waals surface area contributed by atoms with Crippen molar-refractivity contribution < 1.29 is 14.6 Å². The van der Waals surface area contributed by atoms with Crippen LogP contribution in [0.1, 0.15) is 43.2 Å². The lowest BCUT2D eigenvalue weighted by molar-refractivity contribution is -0.125. The molecule has 20 heavy (non-hydrogen) atoms. The van der Waals surface area contributed by atoms with Crippen LogP contribution < -0.4 is 4.74 Å². The second kappa shape index (κ2) is 6.30. The van der Waals surface area contributed by atoms with Crippen molar-refractivity contribution in [2.45, 2.75) is 38.2 Å². The number of aliphatic hydroxyl groups excluding tert-OH is 1. The number of benzene rings is 1. The summed E-state index contributed by atoms with van der Waals surface area (Å²) in [7, 11) is 1.53. The molecule has 1 saturated carbocycles. The summed E-state index contributed by atoms with van der Waals surface area (Å²) in [6, 6.07) is 3.47. The Labute approximate surface area is 123 Å². The Hall–Kier alpha value is -1.50. The molecule has 1 fully saturated rings. The number of rotatable bonds is 2. The molecule has 0 radical (unpaired) electrons. The molecule has 1 aliphatic carbocycles. The molecule has 0 heterocycles. The van der Waals surface area contributed by atoms with Gasteiger partial charge in [-0.05, 0) is 31.9 Å². The SMILES string of the molecule is CC#Cc1cc(Cl)c(C2C(=O)CCCC2O)c(OC)c1. The normalized spacial score (nSPS) is 22.1. The van der Waals surface area contributed by atoms with Crippen LogP contribution in [0.2, 0.25) is 5.02 Å². The smallest absolute Gasteiger partial charge is 0.143 e. The number of ketones is 1. The second-order valence-electron chi connectivity index (χ2n) is 4.85. The van der Waals surface area contributed by atoms with Gasteiger partial charge in [-0.1, -0.05) is 17.5 Å². The van der Waals surface area contributed by atoms with E-state index in [1.165, 1.54) is 7.11 Å². The minimum Gasteiger partial charge on any atom is -0.496 e. The highest BCUT2D eigenvalue weighted by atomic mass is 35.5. The summed E-state index contributed by atoms with van der Waals surface area (Å²) < 4.78 is 5.35. The Kier molecular flexibility index (Phi) is 4.69. The van der Waals surface area contributed by atoms with E-state index in [9.17, 15) is 9.90 Å². The van der Waals surface area contributed by atoms with Gasteiger partial charge in [-0.25, -0.2) is 0 Å². The van der Waals surface area contributed by atoms with Gasteiger partial charge in [-0.2, -0.15) is 0 Å². The topological polar surface area (TPSA) is 46.5 Å². The number of carbonyl (C=O) groups is 1. The average molecular weight is 293 g/mol. The summed E-state index contributed by atoms with van der Waals surface area (Å²) in [6.07, 6.45) is 1.09. The van der Waals surface area contributed by atoms with Crippen molar-refractivity contribution in [2.75, 3.05) is 7.11 Å². The monoisotopic (exact) mass is 292 g/mol. The Morgan fingerprint density at radius 1 is 1.45 bits per heavy atom. The Morgan fingerprint density at radius 3 is 2.80 bits per heavy atom. The maximum atomic E-state index is 12.1. The molecule has 0 amide bonds. The van der Waals surface area contributed by atoms with E-state index in [1.807, 2.05) is 0 Å². The second-order valence-corrected chi connectivity index (χ2v) is 5.26. The van der Waals surface area contributed by atoms with E-state index in [0.29, 0.717) is 29.2 Å². The molecule has 0 saturated heterocycles. The molecule has 4 heteroatoms. The fraction of sp³-hybridized carbons (Fsp3) is 0.438. The number of hydrogen-bond donors (Lipinski definition) is 1. The number of hydrogen-bond acceptors (Lipinski definition) is 3. The van der Waals surface area contributed by atoms with Crippen LogP contribution in [0.15, 0.2) is 12.1 Å². The number of aliphatic hydroxyl groups is 1.